The van der Waals surface area contributed by atoms with Crippen molar-refractivity contribution in [1.82, 2.24) is 14.9 Å². The van der Waals surface area contributed by atoms with E-state index >= 15 is 0 Å². The van der Waals surface area contributed by atoms with Crippen LogP contribution in [0.3, 0.4) is 0 Å². The van der Waals surface area contributed by atoms with Gasteiger partial charge < -0.3 is 24.8 Å². The monoisotopic (exact) mass is 553 g/mol. The highest BCUT2D eigenvalue weighted by atomic mass is 35.5. The number of ether oxygens (including phenoxy) is 1. The number of aliphatic hydroxyl groups excluding tert-OH is 1. The number of carbonyl (C=O) groups excluding carboxylic acids is 2. The van der Waals surface area contributed by atoms with Gasteiger partial charge in [-0.25, -0.2) is 14.2 Å². The van der Waals surface area contributed by atoms with Gasteiger partial charge in [-0.05, 0) is 55.2 Å². The molecular formula is C28H25ClFN3O6. The van der Waals surface area contributed by atoms with Gasteiger partial charge >= 0.3 is 5.97 Å². The summed E-state index contributed by atoms with van der Waals surface area (Å²) < 4.78 is 21.5. The van der Waals surface area contributed by atoms with Crippen molar-refractivity contribution >= 4 is 34.4 Å². The summed E-state index contributed by atoms with van der Waals surface area (Å²) >= 11 is 6.39. The quantitative estimate of drug-likeness (QED) is 0.331. The molecule has 3 atom stereocenters. The summed E-state index contributed by atoms with van der Waals surface area (Å²) in [5, 5.41) is 25.2. The van der Waals surface area contributed by atoms with E-state index in [0.29, 0.717) is 51.8 Å². The average Bonchev–Trinajstić information content (AvgIpc) is 3.71. The van der Waals surface area contributed by atoms with Crippen molar-refractivity contribution in [2.24, 2.45) is 5.92 Å². The second-order valence-electron chi connectivity index (χ2n) is 10.9. The number of fused-ring (bicyclic) bond motifs is 5. The third-order valence-corrected chi connectivity index (χ3v) is 9.10. The molecular weight excluding hydrogens is 529 g/mol. The fraction of sp³-hybridized carbons (Fsp3) is 0.429. The zero-order chi connectivity index (χ0) is 27.4. The Morgan fingerprint density at radius 1 is 1.28 bits per heavy atom. The second-order valence-corrected chi connectivity index (χ2v) is 11.3. The van der Waals surface area contributed by atoms with Crippen molar-refractivity contribution in [3.8, 4) is 11.4 Å². The predicted molar refractivity (Wildman–Crippen MR) is 137 cm³/mol. The van der Waals surface area contributed by atoms with E-state index < -0.39 is 41.0 Å². The van der Waals surface area contributed by atoms with Crippen LogP contribution < -0.4 is 10.9 Å². The summed E-state index contributed by atoms with van der Waals surface area (Å²) in [4.78, 5) is 43.8. The summed E-state index contributed by atoms with van der Waals surface area (Å²) in [6, 6.07) is 2.32. The number of esters is 1. The van der Waals surface area contributed by atoms with Crippen LogP contribution >= 0.6 is 11.6 Å². The molecule has 9 nitrogen and oxygen atoms in total. The van der Waals surface area contributed by atoms with Crippen LogP contribution in [-0.2, 0) is 39.5 Å². The SMILES string of the molecule is CC[C@@]1(O)C(=O)OCc2c1cc1n(c2=O)Cc2c-1nc1cc(F)c(Cl)c3c1c2C(NC(=O)[C@H](O)C1CC1)CC3. The molecule has 0 spiro atoms. The number of rotatable bonds is 4. The van der Waals surface area contributed by atoms with Gasteiger partial charge in [-0.1, -0.05) is 18.5 Å². The number of aliphatic hydroxyl groups is 2. The number of hydrogen-bond acceptors (Lipinski definition) is 7. The van der Waals surface area contributed by atoms with Crippen LogP contribution in [0.1, 0.15) is 66.5 Å². The normalized spacial score (nSPS) is 23.6. The van der Waals surface area contributed by atoms with Crippen molar-refractivity contribution in [2.45, 2.75) is 69.9 Å². The first kappa shape index (κ1) is 24.7. The van der Waals surface area contributed by atoms with Crippen LogP contribution in [0, 0.1) is 11.7 Å². The van der Waals surface area contributed by atoms with E-state index in [4.69, 9.17) is 21.3 Å². The van der Waals surface area contributed by atoms with Crippen LogP contribution in [0.4, 0.5) is 4.39 Å². The maximum absolute atomic E-state index is 14.9. The molecule has 4 heterocycles. The zero-order valence-electron chi connectivity index (χ0n) is 21.0. The lowest BCUT2D eigenvalue weighted by Gasteiger charge is -2.31. The smallest absolute Gasteiger partial charge is 0.343 e. The number of cyclic esters (lactones) is 1. The van der Waals surface area contributed by atoms with Crippen molar-refractivity contribution in [3.05, 3.63) is 61.1 Å². The number of amides is 1. The molecule has 11 heteroatoms. The van der Waals surface area contributed by atoms with Crippen LogP contribution in [0.2, 0.25) is 5.02 Å². The van der Waals surface area contributed by atoms with E-state index in [-0.39, 0.29) is 41.6 Å². The average molecular weight is 554 g/mol. The molecule has 7 rings (SSSR count). The molecule has 1 amide bonds. The van der Waals surface area contributed by atoms with Crippen molar-refractivity contribution in [3.63, 3.8) is 0 Å². The highest BCUT2D eigenvalue weighted by Gasteiger charge is 2.46. The van der Waals surface area contributed by atoms with E-state index in [1.54, 1.807) is 13.0 Å². The Morgan fingerprint density at radius 3 is 2.77 bits per heavy atom. The number of aromatic nitrogens is 2. The van der Waals surface area contributed by atoms with Gasteiger partial charge in [-0.3, -0.25) is 9.59 Å². The van der Waals surface area contributed by atoms with E-state index in [0.717, 1.165) is 12.8 Å². The Morgan fingerprint density at radius 2 is 2.05 bits per heavy atom. The minimum absolute atomic E-state index is 0.0000971. The topological polar surface area (TPSA) is 131 Å². The molecule has 39 heavy (non-hydrogen) atoms. The third-order valence-electron chi connectivity index (χ3n) is 8.70. The predicted octanol–water partition coefficient (Wildman–Crippen LogP) is 2.75. The third kappa shape index (κ3) is 3.38. The van der Waals surface area contributed by atoms with Gasteiger partial charge in [0.25, 0.3) is 5.56 Å². The van der Waals surface area contributed by atoms with Crippen LogP contribution in [0.15, 0.2) is 16.9 Å². The first-order valence-electron chi connectivity index (χ1n) is 13.1. The Hall–Kier alpha value is -3.34. The van der Waals surface area contributed by atoms with Gasteiger partial charge in [0, 0.05) is 22.6 Å². The van der Waals surface area contributed by atoms with Crippen LogP contribution in [0.5, 0.6) is 0 Å². The maximum atomic E-state index is 14.9. The number of benzene rings is 1. The van der Waals surface area contributed by atoms with Crippen molar-refractivity contribution < 1.29 is 28.9 Å². The number of aryl methyl sites for hydroxylation is 1. The van der Waals surface area contributed by atoms with Gasteiger partial charge in [-0.2, -0.15) is 0 Å². The second kappa shape index (κ2) is 8.33. The standard InChI is InChI=1S/C28H25ClFN3O6/c1-2-28(38)15-7-19-23-13(9-33(19)26(36)14(15)10-39-27(28)37)21-17(32-25(35)24(34)11-3-4-11)6-5-12-20(21)18(31-23)8-16(30)22(12)29/h7-8,11,17,24,34,38H,2-6,9-10H2,1H3,(H,32,35)/t17?,24-,28+/m1/s1. The molecule has 3 aromatic rings. The van der Waals surface area contributed by atoms with Gasteiger partial charge in [0.05, 0.1) is 40.1 Å². The Balaban J connectivity index is 1.46. The molecule has 1 fully saturated rings. The number of pyridine rings is 2. The van der Waals surface area contributed by atoms with Gasteiger partial charge in [-0.15, -0.1) is 0 Å². The highest BCUT2D eigenvalue weighted by molar-refractivity contribution is 6.32. The molecule has 1 saturated carbocycles. The summed E-state index contributed by atoms with van der Waals surface area (Å²) in [6.45, 7) is 1.50. The Labute approximate surface area is 226 Å². The highest BCUT2D eigenvalue weighted by Crippen LogP contribution is 2.47. The molecule has 0 bridgehead atoms. The van der Waals surface area contributed by atoms with Crippen LogP contribution in [0.25, 0.3) is 22.3 Å². The lowest BCUT2D eigenvalue weighted by molar-refractivity contribution is -0.172. The van der Waals surface area contributed by atoms with E-state index in [1.807, 2.05) is 0 Å². The Kier molecular flexibility index (Phi) is 5.27. The molecule has 1 unspecified atom stereocenters. The largest absolute Gasteiger partial charge is 0.458 e. The van der Waals surface area contributed by atoms with Crippen LogP contribution in [-0.4, -0.2) is 37.7 Å². The van der Waals surface area contributed by atoms with E-state index in [2.05, 4.69) is 5.32 Å². The number of hydrogen-bond donors (Lipinski definition) is 3. The lowest BCUT2D eigenvalue weighted by Crippen LogP contribution is -2.44. The molecule has 1 aromatic carbocycles. The van der Waals surface area contributed by atoms with Gasteiger partial charge in [0.15, 0.2) is 5.60 Å². The zero-order valence-corrected chi connectivity index (χ0v) is 21.8. The minimum Gasteiger partial charge on any atom is -0.458 e. The number of nitrogens with one attached hydrogen (secondary N) is 1. The summed E-state index contributed by atoms with van der Waals surface area (Å²) in [5.41, 5.74) is 1.06. The maximum Gasteiger partial charge on any atom is 0.343 e. The molecule has 0 saturated heterocycles. The first-order chi connectivity index (χ1) is 18.6. The minimum atomic E-state index is -1.97. The summed E-state index contributed by atoms with van der Waals surface area (Å²) in [5.74, 6) is -1.96. The molecule has 4 aliphatic rings. The molecule has 2 aliphatic carbocycles. The fourth-order valence-corrected chi connectivity index (χ4v) is 6.63. The van der Waals surface area contributed by atoms with E-state index in [9.17, 15) is 29.0 Å². The molecule has 0 radical (unpaired) electrons. The molecule has 2 aliphatic heterocycles. The summed E-state index contributed by atoms with van der Waals surface area (Å²) in [6.07, 6.45) is 1.31. The lowest BCUT2D eigenvalue weighted by atomic mass is 9.83. The van der Waals surface area contributed by atoms with Gasteiger partial charge in [0.1, 0.15) is 18.5 Å². The number of carbonyl (C=O) groups is 2. The molecule has 2 aromatic heterocycles. The number of halogens is 2. The Bertz CT molecular complexity index is 1700. The van der Waals surface area contributed by atoms with Crippen molar-refractivity contribution in [1.29, 1.82) is 0 Å². The number of nitrogens with zero attached hydrogens (tertiary/aromatic N) is 2. The summed E-state index contributed by atoms with van der Waals surface area (Å²) in [7, 11) is 0. The molecule has 202 valence electrons. The molecule has 3 N–H and O–H groups in total. The van der Waals surface area contributed by atoms with Gasteiger partial charge in [0.2, 0.25) is 5.91 Å². The van der Waals surface area contributed by atoms with E-state index in [1.165, 1.54) is 10.6 Å². The fourth-order valence-electron chi connectivity index (χ4n) is 6.38. The first-order valence-corrected chi connectivity index (χ1v) is 13.5. The van der Waals surface area contributed by atoms with Crippen molar-refractivity contribution in [2.75, 3.05) is 0 Å².